The van der Waals surface area contributed by atoms with Gasteiger partial charge in [-0.2, -0.15) is 10.1 Å². The number of primary amides is 1. The second kappa shape index (κ2) is 10.3. The SMILES string of the molecule is Cc1cccc(-c2ccn(-c3nc(N4CCOCC4)c4sc(CN5CCC(N(C)C(N)=O)C5)cc4n3)n2)c1. The lowest BCUT2D eigenvalue weighted by atomic mass is 10.1. The van der Waals surface area contributed by atoms with Crippen LogP contribution in [0.5, 0.6) is 0 Å². The van der Waals surface area contributed by atoms with Gasteiger partial charge in [-0.25, -0.2) is 14.5 Å². The van der Waals surface area contributed by atoms with E-state index in [4.69, 9.17) is 25.5 Å². The van der Waals surface area contributed by atoms with Gasteiger partial charge in [0, 0.05) is 62.5 Å². The van der Waals surface area contributed by atoms with Crippen molar-refractivity contribution in [3.8, 4) is 17.2 Å². The molecule has 2 aliphatic rings. The molecule has 198 valence electrons. The lowest BCUT2D eigenvalue weighted by molar-refractivity contribution is 0.122. The number of hydrogen-bond acceptors (Lipinski definition) is 8. The van der Waals surface area contributed by atoms with Crippen LogP contribution in [0.2, 0.25) is 0 Å². The highest BCUT2D eigenvalue weighted by Crippen LogP contribution is 2.34. The van der Waals surface area contributed by atoms with Crippen molar-refractivity contribution in [2.75, 3.05) is 51.3 Å². The Bertz CT molecular complexity index is 1460. The molecule has 11 heteroatoms. The number of ether oxygens (including phenoxy) is 1. The molecule has 4 aromatic rings. The number of nitrogens with two attached hydrogens (primary N) is 1. The molecule has 3 aromatic heterocycles. The molecule has 0 aliphatic carbocycles. The van der Waals surface area contributed by atoms with Crippen molar-refractivity contribution in [1.82, 2.24) is 29.5 Å². The fourth-order valence-corrected chi connectivity index (χ4v) is 6.34. The Kier molecular flexibility index (Phi) is 6.73. The van der Waals surface area contributed by atoms with Crippen molar-refractivity contribution in [3.05, 3.63) is 53.0 Å². The lowest BCUT2D eigenvalue weighted by Gasteiger charge is -2.28. The van der Waals surface area contributed by atoms with Crippen LogP contribution in [0.1, 0.15) is 16.9 Å². The number of carbonyl (C=O) groups excluding carboxylic acids is 1. The number of rotatable bonds is 6. The molecule has 10 nitrogen and oxygen atoms in total. The van der Waals surface area contributed by atoms with Crippen LogP contribution in [0.3, 0.4) is 0 Å². The van der Waals surface area contributed by atoms with E-state index < -0.39 is 0 Å². The Balaban J connectivity index is 1.32. The maximum absolute atomic E-state index is 11.6. The van der Waals surface area contributed by atoms with Gasteiger partial charge in [0.05, 0.1) is 29.1 Å². The molecule has 2 amide bonds. The van der Waals surface area contributed by atoms with E-state index in [0.29, 0.717) is 19.2 Å². The Morgan fingerprint density at radius 3 is 2.82 bits per heavy atom. The molecule has 2 saturated heterocycles. The number of benzene rings is 1. The zero-order valence-electron chi connectivity index (χ0n) is 21.7. The fourth-order valence-electron chi connectivity index (χ4n) is 5.19. The number of carbonyl (C=O) groups is 1. The Morgan fingerprint density at radius 2 is 2.03 bits per heavy atom. The molecule has 1 aromatic carbocycles. The lowest BCUT2D eigenvalue weighted by Crippen LogP contribution is -2.41. The third-order valence-corrected chi connectivity index (χ3v) is 8.44. The second-order valence-electron chi connectivity index (χ2n) is 10.0. The summed E-state index contributed by atoms with van der Waals surface area (Å²) in [6, 6.07) is 12.3. The maximum atomic E-state index is 11.6. The van der Waals surface area contributed by atoms with Gasteiger partial charge in [-0.1, -0.05) is 23.8 Å². The Morgan fingerprint density at radius 1 is 1.18 bits per heavy atom. The predicted octanol–water partition coefficient (Wildman–Crippen LogP) is 3.27. The van der Waals surface area contributed by atoms with Crippen molar-refractivity contribution < 1.29 is 9.53 Å². The van der Waals surface area contributed by atoms with Crippen LogP contribution >= 0.6 is 11.3 Å². The minimum Gasteiger partial charge on any atom is -0.378 e. The number of anilines is 1. The molecular weight excluding hydrogens is 500 g/mol. The van der Waals surface area contributed by atoms with Crippen molar-refractivity contribution >= 4 is 33.4 Å². The van der Waals surface area contributed by atoms with E-state index in [2.05, 4.69) is 41.0 Å². The van der Waals surface area contributed by atoms with Gasteiger partial charge in [-0.15, -0.1) is 11.3 Å². The van der Waals surface area contributed by atoms with Gasteiger partial charge in [0.15, 0.2) is 5.82 Å². The zero-order valence-corrected chi connectivity index (χ0v) is 22.5. The van der Waals surface area contributed by atoms with E-state index in [-0.39, 0.29) is 12.1 Å². The first kappa shape index (κ1) is 24.8. The number of morpholine rings is 1. The molecule has 1 atom stereocenters. The van der Waals surface area contributed by atoms with Crippen LogP contribution in [0, 0.1) is 6.92 Å². The first-order chi connectivity index (χ1) is 18.4. The van der Waals surface area contributed by atoms with Crippen LogP contribution in [-0.4, -0.2) is 88.1 Å². The van der Waals surface area contributed by atoms with E-state index in [1.54, 1.807) is 28.0 Å². The smallest absolute Gasteiger partial charge is 0.314 e. The fraction of sp³-hybridized carbons (Fsp3) is 0.407. The van der Waals surface area contributed by atoms with Gasteiger partial charge in [-0.05, 0) is 31.5 Å². The van der Waals surface area contributed by atoms with Crippen molar-refractivity contribution in [2.45, 2.75) is 25.9 Å². The summed E-state index contributed by atoms with van der Waals surface area (Å²) in [4.78, 5) is 29.1. The number of likely N-dealkylation sites (N-methyl/N-ethyl adjacent to an activating group) is 1. The summed E-state index contributed by atoms with van der Waals surface area (Å²) < 4.78 is 8.46. The average Bonchev–Trinajstić information content (AvgIpc) is 3.68. The number of fused-ring (bicyclic) bond motifs is 1. The number of aryl methyl sites for hydroxylation is 1. The van der Waals surface area contributed by atoms with Gasteiger partial charge in [0.2, 0.25) is 0 Å². The highest BCUT2D eigenvalue weighted by Gasteiger charge is 2.28. The molecule has 0 saturated carbocycles. The number of thiophene rings is 1. The van der Waals surface area contributed by atoms with Crippen LogP contribution in [0.4, 0.5) is 10.6 Å². The molecule has 2 N–H and O–H groups in total. The number of urea groups is 1. The second-order valence-corrected chi connectivity index (χ2v) is 11.2. The van der Waals surface area contributed by atoms with Gasteiger partial charge >= 0.3 is 6.03 Å². The molecule has 0 spiro atoms. The first-order valence-corrected chi connectivity index (χ1v) is 13.8. The molecule has 0 bridgehead atoms. The third kappa shape index (κ3) is 4.96. The van der Waals surface area contributed by atoms with E-state index in [1.165, 1.54) is 10.4 Å². The van der Waals surface area contributed by atoms with Gasteiger partial charge in [0.25, 0.3) is 5.95 Å². The highest BCUT2D eigenvalue weighted by atomic mass is 32.1. The normalized spacial score (nSPS) is 18.4. The first-order valence-electron chi connectivity index (χ1n) is 13.0. The van der Waals surface area contributed by atoms with Crippen LogP contribution in [-0.2, 0) is 11.3 Å². The van der Waals surface area contributed by atoms with Crippen LogP contribution in [0.15, 0.2) is 42.6 Å². The Hall–Kier alpha value is -3.54. The number of likely N-dealkylation sites (tertiary alicyclic amines) is 1. The summed E-state index contributed by atoms with van der Waals surface area (Å²) >= 11 is 1.74. The standard InChI is InChI=1S/C27H32N8O2S/c1-18-4-3-5-19(14-18)22-7-9-35(31-22)27-29-23-15-21(17-33-8-6-20(16-33)32(2)26(28)36)38-24(23)25(30-27)34-10-12-37-13-11-34/h3-5,7,9,14-15,20H,6,8,10-13,16-17H2,1-2H3,(H2,28,36). The van der Waals surface area contributed by atoms with Gasteiger partial charge in [0.1, 0.15) is 0 Å². The number of hydrogen-bond donors (Lipinski definition) is 1. The summed E-state index contributed by atoms with van der Waals surface area (Å²) in [5.74, 6) is 1.50. The molecule has 2 aliphatic heterocycles. The zero-order chi connectivity index (χ0) is 26.2. The van der Waals surface area contributed by atoms with E-state index in [9.17, 15) is 4.79 Å². The van der Waals surface area contributed by atoms with Gasteiger partial charge < -0.3 is 20.3 Å². The summed E-state index contributed by atoms with van der Waals surface area (Å²) in [5.41, 5.74) is 9.57. The molecule has 38 heavy (non-hydrogen) atoms. The minimum atomic E-state index is -0.374. The number of aromatic nitrogens is 4. The van der Waals surface area contributed by atoms with E-state index >= 15 is 0 Å². The summed E-state index contributed by atoms with van der Waals surface area (Å²) in [7, 11) is 1.78. The molecule has 6 rings (SSSR count). The molecule has 1 unspecified atom stereocenters. The maximum Gasteiger partial charge on any atom is 0.314 e. The topological polar surface area (TPSA) is 106 Å². The minimum absolute atomic E-state index is 0.152. The Labute approximate surface area is 225 Å². The van der Waals surface area contributed by atoms with Crippen molar-refractivity contribution in [2.24, 2.45) is 5.73 Å². The number of nitrogens with zero attached hydrogens (tertiary/aromatic N) is 7. The van der Waals surface area contributed by atoms with E-state index in [0.717, 1.165) is 66.4 Å². The van der Waals surface area contributed by atoms with Crippen molar-refractivity contribution in [3.63, 3.8) is 0 Å². The van der Waals surface area contributed by atoms with Crippen LogP contribution < -0.4 is 10.6 Å². The quantitative estimate of drug-likeness (QED) is 0.406. The number of amides is 2. The van der Waals surface area contributed by atoms with Crippen LogP contribution in [0.25, 0.3) is 27.4 Å². The molecule has 5 heterocycles. The van der Waals surface area contributed by atoms with Crippen molar-refractivity contribution in [1.29, 1.82) is 0 Å². The molecular formula is C27H32N8O2S. The van der Waals surface area contributed by atoms with Gasteiger partial charge in [-0.3, -0.25) is 4.90 Å². The average molecular weight is 533 g/mol. The monoisotopic (exact) mass is 532 g/mol. The summed E-state index contributed by atoms with van der Waals surface area (Å²) in [5, 5.41) is 4.82. The molecule has 2 fully saturated rings. The predicted molar refractivity (Wildman–Crippen MR) is 149 cm³/mol. The van der Waals surface area contributed by atoms with E-state index in [1.807, 2.05) is 18.3 Å². The summed E-state index contributed by atoms with van der Waals surface area (Å²) in [6.45, 7) is 7.58. The highest BCUT2D eigenvalue weighted by molar-refractivity contribution is 7.19. The molecule has 0 radical (unpaired) electrons. The summed E-state index contributed by atoms with van der Waals surface area (Å²) in [6.07, 6.45) is 2.85. The third-order valence-electron chi connectivity index (χ3n) is 7.33. The largest absolute Gasteiger partial charge is 0.378 e.